The molecular weight excluding hydrogens is 458 g/mol. The molecule has 1 heterocycles. The standard InChI is InChI=1S/C28H20BrN3/c29-24-18-16-21(17-19-24)20-30-28-26(22-10-4-1-5-11-22)27(23-12-6-2-7-13-23)31-32(28)25-14-8-3-9-15-25/h1-20H. The van der Waals surface area contributed by atoms with Gasteiger partial charge in [0.1, 0.15) is 5.69 Å². The van der Waals surface area contributed by atoms with Crippen LogP contribution < -0.4 is 0 Å². The molecule has 0 aliphatic rings. The van der Waals surface area contributed by atoms with Gasteiger partial charge < -0.3 is 0 Å². The molecule has 0 saturated carbocycles. The topological polar surface area (TPSA) is 30.2 Å². The Kier molecular flexibility index (Phi) is 5.77. The van der Waals surface area contributed by atoms with E-state index in [2.05, 4.69) is 52.3 Å². The Morgan fingerprint density at radius 3 is 1.84 bits per heavy atom. The maximum absolute atomic E-state index is 5.05. The minimum Gasteiger partial charge on any atom is -0.236 e. The van der Waals surface area contributed by atoms with Crippen LogP contribution in [0.15, 0.2) is 125 Å². The fraction of sp³-hybridized carbons (Fsp3) is 0. The first kappa shape index (κ1) is 20.2. The fourth-order valence-corrected chi connectivity index (χ4v) is 3.90. The van der Waals surface area contributed by atoms with Crippen LogP contribution in [0.25, 0.3) is 28.1 Å². The fourth-order valence-electron chi connectivity index (χ4n) is 3.63. The summed E-state index contributed by atoms with van der Waals surface area (Å²) in [6.45, 7) is 0. The van der Waals surface area contributed by atoms with Gasteiger partial charge in [0.25, 0.3) is 0 Å². The highest BCUT2D eigenvalue weighted by molar-refractivity contribution is 9.10. The van der Waals surface area contributed by atoms with Crippen molar-refractivity contribution in [2.24, 2.45) is 4.99 Å². The number of hydrogen-bond donors (Lipinski definition) is 0. The molecule has 32 heavy (non-hydrogen) atoms. The van der Waals surface area contributed by atoms with Gasteiger partial charge in [-0.3, -0.25) is 0 Å². The van der Waals surface area contributed by atoms with Gasteiger partial charge in [-0.05, 0) is 35.4 Å². The molecule has 5 aromatic rings. The van der Waals surface area contributed by atoms with Crippen molar-refractivity contribution in [1.82, 2.24) is 9.78 Å². The summed E-state index contributed by atoms with van der Waals surface area (Å²) in [5.41, 5.74) is 6.04. The smallest absolute Gasteiger partial charge is 0.164 e. The average Bonchev–Trinajstić information content (AvgIpc) is 3.25. The van der Waals surface area contributed by atoms with Crippen LogP contribution >= 0.6 is 15.9 Å². The zero-order valence-corrected chi connectivity index (χ0v) is 18.9. The van der Waals surface area contributed by atoms with Gasteiger partial charge in [0.15, 0.2) is 5.82 Å². The summed E-state index contributed by atoms with van der Waals surface area (Å²) in [4.78, 5) is 4.97. The Morgan fingerprint density at radius 2 is 1.22 bits per heavy atom. The summed E-state index contributed by atoms with van der Waals surface area (Å²) in [6, 6.07) is 38.9. The molecule has 0 unspecified atom stereocenters. The monoisotopic (exact) mass is 477 g/mol. The van der Waals surface area contributed by atoms with Crippen molar-refractivity contribution in [1.29, 1.82) is 0 Å². The molecule has 0 atom stereocenters. The third-order valence-electron chi connectivity index (χ3n) is 5.18. The second kappa shape index (κ2) is 9.16. The molecule has 0 aliphatic carbocycles. The molecule has 0 spiro atoms. The lowest BCUT2D eigenvalue weighted by atomic mass is 10.0. The summed E-state index contributed by atoms with van der Waals surface area (Å²) < 4.78 is 2.97. The highest BCUT2D eigenvalue weighted by Gasteiger charge is 2.21. The summed E-state index contributed by atoms with van der Waals surface area (Å²) in [5, 5.41) is 5.05. The van der Waals surface area contributed by atoms with E-state index in [-0.39, 0.29) is 0 Å². The van der Waals surface area contributed by atoms with Gasteiger partial charge in [-0.25, -0.2) is 9.67 Å². The van der Waals surface area contributed by atoms with Crippen molar-refractivity contribution in [2.75, 3.05) is 0 Å². The molecule has 0 fully saturated rings. The Morgan fingerprint density at radius 1 is 0.656 bits per heavy atom. The molecule has 154 valence electrons. The molecular formula is C28H20BrN3. The van der Waals surface area contributed by atoms with E-state index in [0.29, 0.717) is 0 Å². The van der Waals surface area contributed by atoms with E-state index in [1.165, 1.54) is 0 Å². The molecule has 0 N–H and O–H groups in total. The van der Waals surface area contributed by atoms with Crippen molar-refractivity contribution >= 4 is 28.0 Å². The van der Waals surface area contributed by atoms with Crippen LogP contribution in [0.4, 0.5) is 5.82 Å². The molecule has 0 bridgehead atoms. The zero-order chi connectivity index (χ0) is 21.8. The van der Waals surface area contributed by atoms with Crippen LogP contribution in [0.1, 0.15) is 5.56 Å². The normalized spacial score (nSPS) is 11.2. The van der Waals surface area contributed by atoms with Gasteiger partial charge in [0.05, 0.1) is 11.3 Å². The first-order valence-electron chi connectivity index (χ1n) is 10.4. The number of para-hydroxylation sites is 1. The highest BCUT2D eigenvalue weighted by Crippen LogP contribution is 2.40. The first-order valence-corrected chi connectivity index (χ1v) is 11.2. The summed E-state index contributed by atoms with van der Waals surface area (Å²) in [7, 11) is 0. The first-order chi connectivity index (χ1) is 15.8. The van der Waals surface area contributed by atoms with E-state index in [1.54, 1.807) is 0 Å². The van der Waals surface area contributed by atoms with Crippen molar-refractivity contribution in [3.05, 3.63) is 125 Å². The number of rotatable bonds is 5. The van der Waals surface area contributed by atoms with Crippen LogP contribution in [0, 0.1) is 0 Å². The summed E-state index contributed by atoms with van der Waals surface area (Å²) >= 11 is 3.50. The third kappa shape index (κ3) is 4.18. The quantitative estimate of drug-likeness (QED) is 0.238. The Bertz CT molecular complexity index is 1340. The second-order valence-corrected chi connectivity index (χ2v) is 8.25. The number of halogens is 1. The highest BCUT2D eigenvalue weighted by atomic mass is 79.9. The second-order valence-electron chi connectivity index (χ2n) is 7.34. The van der Waals surface area contributed by atoms with Gasteiger partial charge in [0.2, 0.25) is 0 Å². The van der Waals surface area contributed by atoms with Crippen molar-refractivity contribution in [3.8, 4) is 28.1 Å². The van der Waals surface area contributed by atoms with E-state index >= 15 is 0 Å². The zero-order valence-electron chi connectivity index (χ0n) is 17.3. The lowest BCUT2D eigenvalue weighted by Crippen LogP contribution is -1.96. The lowest BCUT2D eigenvalue weighted by Gasteiger charge is -2.06. The minimum atomic E-state index is 0.796. The molecule has 0 saturated heterocycles. The van der Waals surface area contributed by atoms with E-state index in [1.807, 2.05) is 89.8 Å². The molecule has 4 heteroatoms. The van der Waals surface area contributed by atoms with Gasteiger partial charge in [0, 0.05) is 16.3 Å². The maximum Gasteiger partial charge on any atom is 0.164 e. The Labute approximate surface area is 195 Å². The molecule has 4 aromatic carbocycles. The molecule has 5 rings (SSSR count). The molecule has 0 radical (unpaired) electrons. The SMILES string of the molecule is Brc1ccc(C=Nc2c(-c3ccccc3)c(-c3ccccc3)nn2-c2ccccc2)cc1. The van der Waals surface area contributed by atoms with Gasteiger partial charge in [-0.15, -0.1) is 0 Å². The number of aromatic nitrogens is 2. The number of benzene rings is 4. The number of hydrogen-bond acceptors (Lipinski definition) is 2. The van der Waals surface area contributed by atoms with Crippen LogP contribution in [-0.4, -0.2) is 16.0 Å². The van der Waals surface area contributed by atoms with Crippen LogP contribution in [0.5, 0.6) is 0 Å². The van der Waals surface area contributed by atoms with Crippen molar-refractivity contribution in [3.63, 3.8) is 0 Å². The van der Waals surface area contributed by atoms with Gasteiger partial charge >= 0.3 is 0 Å². The average molecular weight is 478 g/mol. The molecule has 3 nitrogen and oxygen atoms in total. The van der Waals surface area contributed by atoms with Crippen LogP contribution in [-0.2, 0) is 0 Å². The van der Waals surface area contributed by atoms with E-state index in [4.69, 9.17) is 10.1 Å². The van der Waals surface area contributed by atoms with Crippen molar-refractivity contribution in [2.45, 2.75) is 0 Å². The molecule has 1 aromatic heterocycles. The largest absolute Gasteiger partial charge is 0.236 e. The summed E-state index contributed by atoms with van der Waals surface area (Å²) in [5.74, 6) is 0.796. The Balaban J connectivity index is 1.77. The van der Waals surface area contributed by atoms with Crippen LogP contribution in [0.3, 0.4) is 0 Å². The molecule has 0 amide bonds. The number of nitrogens with zero attached hydrogens (tertiary/aromatic N) is 3. The minimum absolute atomic E-state index is 0.796. The Hall–Kier alpha value is -3.76. The predicted octanol–water partition coefficient (Wildman–Crippen LogP) is 7.72. The van der Waals surface area contributed by atoms with Gasteiger partial charge in [-0.2, -0.15) is 5.10 Å². The maximum atomic E-state index is 5.05. The predicted molar refractivity (Wildman–Crippen MR) is 136 cm³/mol. The van der Waals surface area contributed by atoms with E-state index < -0.39 is 0 Å². The lowest BCUT2D eigenvalue weighted by molar-refractivity contribution is 0.885. The van der Waals surface area contributed by atoms with E-state index in [9.17, 15) is 0 Å². The summed E-state index contributed by atoms with van der Waals surface area (Å²) in [6.07, 6.45) is 1.89. The van der Waals surface area contributed by atoms with Crippen molar-refractivity contribution < 1.29 is 0 Å². The number of aliphatic imine (C=N–C) groups is 1. The van der Waals surface area contributed by atoms with Crippen LogP contribution in [0.2, 0.25) is 0 Å². The third-order valence-corrected chi connectivity index (χ3v) is 5.71. The van der Waals surface area contributed by atoms with Gasteiger partial charge in [-0.1, -0.05) is 107 Å². The molecule has 0 aliphatic heterocycles. The van der Waals surface area contributed by atoms with E-state index in [0.717, 1.165) is 43.9 Å².